The van der Waals surface area contributed by atoms with E-state index in [9.17, 15) is 12.8 Å². The first-order valence-corrected chi connectivity index (χ1v) is 7.25. The summed E-state index contributed by atoms with van der Waals surface area (Å²) in [5.41, 5.74) is -2.56. The van der Waals surface area contributed by atoms with Crippen molar-refractivity contribution in [2.75, 3.05) is 6.61 Å². The molecule has 6 heteroatoms. The van der Waals surface area contributed by atoms with Gasteiger partial charge in [-0.3, -0.25) is 4.55 Å². The molecule has 0 bridgehead atoms. The average molecular weight is 268 g/mol. The maximum Gasteiger partial charge on any atom is 0.305 e. The van der Waals surface area contributed by atoms with Crippen LogP contribution in [0, 0.1) is 5.92 Å². The van der Waals surface area contributed by atoms with Crippen LogP contribution >= 0.6 is 0 Å². The van der Waals surface area contributed by atoms with Crippen LogP contribution in [0.15, 0.2) is 12.3 Å². The Hall–Kier alpha value is -0.620. The van der Waals surface area contributed by atoms with E-state index in [2.05, 4.69) is 20.4 Å². The summed E-state index contributed by atoms with van der Waals surface area (Å²) in [6.07, 6.45) is 3.85. The SMILES string of the molecule is C=C(OCCC(CC)CCC)C(F)S(=O)(=O)O. The molecule has 0 aliphatic heterocycles. The Morgan fingerprint density at radius 2 is 2.00 bits per heavy atom. The van der Waals surface area contributed by atoms with Crippen molar-refractivity contribution in [2.24, 2.45) is 5.92 Å². The highest BCUT2D eigenvalue weighted by Crippen LogP contribution is 2.17. The molecule has 0 aromatic heterocycles. The summed E-state index contributed by atoms with van der Waals surface area (Å²) in [6.45, 7) is 7.51. The normalized spacial score (nSPS) is 15.3. The summed E-state index contributed by atoms with van der Waals surface area (Å²) in [7, 11) is -4.76. The van der Waals surface area contributed by atoms with Gasteiger partial charge in [0.15, 0.2) is 0 Å². The highest BCUT2D eigenvalue weighted by molar-refractivity contribution is 7.86. The Morgan fingerprint density at radius 1 is 1.41 bits per heavy atom. The number of alkyl halides is 1. The smallest absolute Gasteiger partial charge is 0.305 e. The molecule has 0 aromatic rings. The third kappa shape index (κ3) is 6.63. The van der Waals surface area contributed by atoms with Crippen LogP contribution in [0.2, 0.25) is 0 Å². The maximum atomic E-state index is 13.0. The minimum Gasteiger partial charge on any atom is -0.494 e. The van der Waals surface area contributed by atoms with E-state index >= 15 is 0 Å². The molecule has 0 saturated heterocycles. The number of halogens is 1. The molecule has 0 radical (unpaired) electrons. The predicted molar refractivity (Wildman–Crippen MR) is 64.8 cm³/mol. The minimum absolute atomic E-state index is 0.216. The van der Waals surface area contributed by atoms with Gasteiger partial charge in [-0.2, -0.15) is 8.42 Å². The second-order valence-electron chi connectivity index (χ2n) is 4.00. The summed E-state index contributed by atoms with van der Waals surface area (Å²) >= 11 is 0. The molecule has 0 aliphatic carbocycles. The zero-order valence-corrected chi connectivity index (χ0v) is 11.2. The van der Waals surface area contributed by atoms with Gasteiger partial charge in [-0.15, -0.1) is 0 Å². The van der Waals surface area contributed by atoms with Crippen molar-refractivity contribution < 1.29 is 22.1 Å². The van der Waals surface area contributed by atoms with E-state index in [4.69, 9.17) is 9.29 Å². The standard InChI is InChI=1S/C11H21FO4S/c1-4-6-10(5-2)7-8-16-9(3)11(12)17(13,14)15/h10-11H,3-8H2,1-2H3,(H,13,14,15). The van der Waals surface area contributed by atoms with Crippen molar-refractivity contribution in [2.45, 2.75) is 45.0 Å². The molecule has 0 fully saturated rings. The topological polar surface area (TPSA) is 63.6 Å². The Labute approximate surface area is 103 Å². The number of ether oxygens (including phenoxy) is 1. The fourth-order valence-corrected chi connectivity index (χ4v) is 1.95. The summed E-state index contributed by atoms with van der Waals surface area (Å²) in [4.78, 5) is 0. The fourth-order valence-electron chi connectivity index (χ4n) is 1.55. The Bertz CT molecular complexity index is 326. The quantitative estimate of drug-likeness (QED) is 0.516. The van der Waals surface area contributed by atoms with Crippen molar-refractivity contribution in [3.63, 3.8) is 0 Å². The van der Waals surface area contributed by atoms with Gasteiger partial charge in [0.1, 0.15) is 5.76 Å². The monoisotopic (exact) mass is 268 g/mol. The lowest BCUT2D eigenvalue weighted by atomic mass is 9.98. The lowest BCUT2D eigenvalue weighted by Gasteiger charge is -2.15. The van der Waals surface area contributed by atoms with Crippen molar-refractivity contribution >= 4 is 10.1 Å². The molecule has 0 rings (SSSR count). The molecule has 0 saturated carbocycles. The molecule has 0 aliphatic rings. The van der Waals surface area contributed by atoms with Crippen molar-refractivity contribution in [1.29, 1.82) is 0 Å². The highest BCUT2D eigenvalue weighted by atomic mass is 32.2. The van der Waals surface area contributed by atoms with Gasteiger partial charge in [0.2, 0.25) is 0 Å². The third-order valence-electron chi connectivity index (χ3n) is 2.60. The molecule has 0 heterocycles. The summed E-state index contributed by atoms with van der Waals surface area (Å²) in [6, 6.07) is 0. The van der Waals surface area contributed by atoms with E-state index in [0.29, 0.717) is 5.92 Å². The Kier molecular flexibility index (Phi) is 7.38. The second-order valence-corrected chi connectivity index (χ2v) is 5.44. The van der Waals surface area contributed by atoms with Crippen LogP contribution in [0.25, 0.3) is 0 Å². The molecule has 4 nitrogen and oxygen atoms in total. The van der Waals surface area contributed by atoms with Crippen molar-refractivity contribution in [1.82, 2.24) is 0 Å². The van der Waals surface area contributed by atoms with Gasteiger partial charge in [0, 0.05) is 0 Å². The summed E-state index contributed by atoms with van der Waals surface area (Å²) in [5.74, 6) is -0.0737. The van der Waals surface area contributed by atoms with Crippen LogP contribution < -0.4 is 0 Å². The molecular formula is C11H21FO4S. The van der Waals surface area contributed by atoms with Gasteiger partial charge in [-0.1, -0.05) is 39.7 Å². The van der Waals surface area contributed by atoms with Gasteiger partial charge in [0.25, 0.3) is 5.50 Å². The van der Waals surface area contributed by atoms with Gasteiger partial charge in [-0.05, 0) is 12.3 Å². The third-order valence-corrected chi connectivity index (χ3v) is 3.39. The molecule has 2 atom stereocenters. The molecule has 102 valence electrons. The first-order chi connectivity index (χ1) is 7.82. The van der Waals surface area contributed by atoms with Crippen LogP contribution in [-0.2, 0) is 14.9 Å². The van der Waals surface area contributed by atoms with Gasteiger partial charge >= 0.3 is 10.1 Å². The molecule has 2 unspecified atom stereocenters. The molecule has 17 heavy (non-hydrogen) atoms. The van der Waals surface area contributed by atoms with Gasteiger partial charge in [0.05, 0.1) is 6.61 Å². The highest BCUT2D eigenvalue weighted by Gasteiger charge is 2.26. The molecule has 0 spiro atoms. The average Bonchev–Trinajstić information content (AvgIpc) is 2.25. The lowest BCUT2D eigenvalue weighted by molar-refractivity contribution is 0.158. The minimum atomic E-state index is -4.76. The largest absolute Gasteiger partial charge is 0.494 e. The molecule has 0 aromatic carbocycles. The first kappa shape index (κ1) is 16.4. The zero-order chi connectivity index (χ0) is 13.5. The van der Waals surface area contributed by atoms with Crippen LogP contribution in [-0.4, -0.2) is 25.1 Å². The summed E-state index contributed by atoms with van der Waals surface area (Å²) in [5, 5.41) is 0. The van der Waals surface area contributed by atoms with E-state index in [1.807, 2.05) is 0 Å². The van der Waals surface area contributed by atoms with Crippen molar-refractivity contribution in [3.8, 4) is 0 Å². The second kappa shape index (κ2) is 7.66. The first-order valence-electron chi connectivity index (χ1n) is 5.74. The molecule has 1 N–H and O–H groups in total. The number of rotatable bonds is 9. The van der Waals surface area contributed by atoms with E-state index in [1.165, 1.54) is 0 Å². The van der Waals surface area contributed by atoms with Crippen LogP contribution in [0.1, 0.15) is 39.5 Å². The van der Waals surface area contributed by atoms with Gasteiger partial charge < -0.3 is 4.74 Å². The molecular weight excluding hydrogens is 247 g/mol. The Morgan fingerprint density at radius 3 is 2.41 bits per heavy atom. The van der Waals surface area contributed by atoms with E-state index in [1.54, 1.807) is 0 Å². The fraction of sp³-hybridized carbons (Fsp3) is 0.818. The maximum absolute atomic E-state index is 13.0. The molecule has 0 amide bonds. The zero-order valence-electron chi connectivity index (χ0n) is 10.4. The Balaban J connectivity index is 4.01. The van der Waals surface area contributed by atoms with Crippen LogP contribution in [0.5, 0.6) is 0 Å². The van der Waals surface area contributed by atoms with E-state index in [0.717, 1.165) is 25.7 Å². The number of hydrogen-bond acceptors (Lipinski definition) is 3. The van der Waals surface area contributed by atoms with Gasteiger partial charge in [-0.25, -0.2) is 4.39 Å². The van der Waals surface area contributed by atoms with Crippen LogP contribution in [0.3, 0.4) is 0 Å². The number of hydrogen-bond donors (Lipinski definition) is 1. The predicted octanol–water partition coefficient (Wildman–Crippen LogP) is 2.92. The van der Waals surface area contributed by atoms with Crippen molar-refractivity contribution in [3.05, 3.63) is 12.3 Å². The summed E-state index contributed by atoms with van der Waals surface area (Å²) < 4.78 is 47.3. The lowest BCUT2D eigenvalue weighted by Crippen LogP contribution is -2.19. The van der Waals surface area contributed by atoms with E-state index < -0.39 is 21.4 Å². The van der Waals surface area contributed by atoms with E-state index in [-0.39, 0.29) is 6.61 Å². The van der Waals surface area contributed by atoms with Crippen LogP contribution in [0.4, 0.5) is 4.39 Å².